The van der Waals surface area contributed by atoms with E-state index in [0.29, 0.717) is 11.4 Å². The molecular weight excluding hydrogens is 526 g/mol. The lowest BCUT2D eigenvalue weighted by atomic mass is 9.91. The molecule has 9 nitrogen and oxygen atoms in total. The number of carboxylic acid groups (broad SMARTS) is 1. The Kier molecular flexibility index (Phi) is 9.86. The van der Waals surface area contributed by atoms with E-state index < -0.39 is 12.3 Å². The maximum Gasteiger partial charge on any atom is 0.303 e. The molecule has 0 radical (unpaired) electrons. The van der Waals surface area contributed by atoms with Gasteiger partial charge in [-0.1, -0.05) is 66.4 Å². The summed E-state index contributed by atoms with van der Waals surface area (Å²) in [6.45, 7) is 4.00. The summed E-state index contributed by atoms with van der Waals surface area (Å²) in [7, 11) is 0. The summed E-state index contributed by atoms with van der Waals surface area (Å²) in [5.74, 6) is -0.466. The van der Waals surface area contributed by atoms with Gasteiger partial charge in [-0.2, -0.15) is 0 Å². The first kappa shape index (κ1) is 28.2. The van der Waals surface area contributed by atoms with E-state index in [1.807, 2.05) is 49.4 Å². The number of thioether (sulfide) groups is 1. The van der Waals surface area contributed by atoms with Gasteiger partial charge in [0.25, 0.3) is 0 Å². The summed E-state index contributed by atoms with van der Waals surface area (Å²) in [5.41, 5.74) is 3.18. The molecule has 0 aliphatic carbocycles. The van der Waals surface area contributed by atoms with Gasteiger partial charge in [0.1, 0.15) is 5.01 Å². The van der Waals surface area contributed by atoms with Crippen molar-refractivity contribution in [1.82, 2.24) is 10.2 Å². The first-order valence-corrected chi connectivity index (χ1v) is 14.2. The highest BCUT2D eigenvalue weighted by molar-refractivity contribution is 8.01. The monoisotopic (exact) mass is 557 g/mol. The number of aliphatic hydroxyl groups is 1. The standard InChI is InChI=1S/C27H31N3O6S2/c1-16-22(15-37-27-30-29-17(2)38-27)35-26(36-25(16)19-11-9-18(14-31)10-12-19)20-5-3-6-21(13-20)28-23(32)7-4-8-24(33)34/h3,5-6,9-13,16,22,25-26,31H,4,7-8,14-15H2,1-2H3,(H,28,32)(H,33,34)/t16-,22+,25+,26+/m0/s1. The van der Waals surface area contributed by atoms with Gasteiger partial charge in [0.15, 0.2) is 10.6 Å². The molecule has 2 aromatic carbocycles. The molecule has 11 heteroatoms. The average molecular weight is 558 g/mol. The van der Waals surface area contributed by atoms with Crippen LogP contribution in [0.5, 0.6) is 0 Å². The number of carboxylic acids is 1. The maximum atomic E-state index is 12.3. The van der Waals surface area contributed by atoms with Gasteiger partial charge < -0.3 is 25.0 Å². The van der Waals surface area contributed by atoms with E-state index in [4.69, 9.17) is 14.6 Å². The Balaban J connectivity index is 1.52. The van der Waals surface area contributed by atoms with Crippen molar-refractivity contribution in [2.45, 2.75) is 62.6 Å². The molecule has 0 spiro atoms. The lowest BCUT2D eigenvalue weighted by Crippen LogP contribution is -2.38. The molecule has 0 saturated carbocycles. The van der Waals surface area contributed by atoms with Crippen LogP contribution in [0.15, 0.2) is 52.9 Å². The van der Waals surface area contributed by atoms with Gasteiger partial charge >= 0.3 is 5.97 Å². The Morgan fingerprint density at radius 2 is 1.87 bits per heavy atom. The van der Waals surface area contributed by atoms with Gasteiger partial charge in [0.05, 0.1) is 18.8 Å². The van der Waals surface area contributed by atoms with Gasteiger partial charge in [-0.3, -0.25) is 9.59 Å². The number of anilines is 1. The fourth-order valence-corrected chi connectivity index (χ4v) is 6.19. The van der Waals surface area contributed by atoms with Crippen LogP contribution in [0.3, 0.4) is 0 Å². The zero-order chi connectivity index (χ0) is 27.1. The number of benzene rings is 2. The van der Waals surface area contributed by atoms with Crippen LogP contribution in [-0.2, 0) is 25.7 Å². The zero-order valence-corrected chi connectivity index (χ0v) is 22.8. The second-order valence-corrected chi connectivity index (χ2v) is 11.6. The number of nitrogens with one attached hydrogen (secondary N) is 1. The van der Waals surface area contributed by atoms with Crippen LogP contribution in [-0.4, -0.2) is 44.1 Å². The van der Waals surface area contributed by atoms with E-state index in [2.05, 4.69) is 22.4 Å². The Hall–Kier alpha value is -2.83. The largest absolute Gasteiger partial charge is 0.481 e. The van der Waals surface area contributed by atoms with E-state index in [-0.39, 0.29) is 49.9 Å². The fraction of sp³-hybridized carbons (Fsp3) is 0.407. The van der Waals surface area contributed by atoms with Crippen molar-refractivity contribution >= 4 is 40.7 Å². The predicted molar refractivity (Wildman–Crippen MR) is 145 cm³/mol. The molecule has 1 saturated heterocycles. The zero-order valence-electron chi connectivity index (χ0n) is 21.2. The maximum absolute atomic E-state index is 12.3. The molecule has 1 aromatic heterocycles. The summed E-state index contributed by atoms with van der Waals surface area (Å²) >= 11 is 3.15. The Morgan fingerprint density at radius 3 is 2.55 bits per heavy atom. The number of aliphatic hydroxyl groups excluding tert-OH is 1. The van der Waals surface area contributed by atoms with Gasteiger partial charge in [-0.05, 0) is 36.6 Å². The van der Waals surface area contributed by atoms with E-state index >= 15 is 0 Å². The summed E-state index contributed by atoms with van der Waals surface area (Å²) in [4.78, 5) is 23.0. The molecule has 1 aliphatic rings. The van der Waals surface area contributed by atoms with E-state index in [0.717, 1.165) is 26.0 Å². The van der Waals surface area contributed by atoms with Crippen LogP contribution in [0.25, 0.3) is 0 Å². The highest BCUT2D eigenvalue weighted by atomic mass is 32.2. The number of aromatic nitrogens is 2. The third-order valence-electron chi connectivity index (χ3n) is 6.24. The number of rotatable bonds is 11. The molecular formula is C27H31N3O6S2. The third-order valence-corrected chi connectivity index (χ3v) is 8.30. The number of ether oxygens (including phenoxy) is 2. The molecule has 3 N–H and O–H groups in total. The topological polar surface area (TPSA) is 131 Å². The summed E-state index contributed by atoms with van der Waals surface area (Å²) in [6.07, 6.45) is -0.721. The lowest BCUT2D eigenvalue weighted by molar-refractivity contribution is -0.268. The van der Waals surface area contributed by atoms with Crippen LogP contribution >= 0.6 is 23.1 Å². The van der Waals surface area contributed by atoms with E-state index in [1.165, 1.54) is 0 Å². The van der Waals surface area contributed by atoms with Crippen molar-refractivity contribution in [1.29, 1.82) is 0 Å². The second kappa shape index (κ2) is 13.3. The van der Waals surface area contributed by atoms with E-state index in [1.54, 1.807) is 29.2 Å². The number of nitrogens with zero attached hydrogens (tertiary/aromatic N) is 2. The average Bonchev–Trinajstić information content (AvgIpc) is 3.33. The number of amides is 1. The quantitative estimate of drug-likeness (QED) is 0.275. The van der Waals surface area contributed by atoms with Gasteiger partial charge in [0.2, 0.25) is 5.91 Å². The Bertz CT molecular complexity index is 1240. The van der Waals surface area contributed by atoms with Crippen molar-refractivity contribution in [3.05, 3.63) is 70.2 Å². The fourth-order valence-electron chi connectivity index (χ4n) is 4.19. The first-order valence-electron chi connectivity index (χ1n) is 12.4. The van der Waals surface area contributed by atoms with Gasteiger partial charge in [0, 0.05) is 35.8 Å². The number of hydrogen-bond donors (Lipinski definition) is 3. The minimum absolute atomic E-state index is 0.0254. The summed E-state index contributed by atoms with van der Waals surface area (Å²) in [5, 5.41) is 30.3. The smallest absolute Gasteiger partial charge is 0.303 e. The lowest BCUT2D eigenvalue weighted by Gasteiger charge is -2.41. The van der Waals surface area contributed by atoms with Gasteiger partial charge in [-0.25, -0.2) is 0 Å². The Morgan fingerprint density at radius 1 is 1.08 bits per heavy atom. The predicted octanol–water partition coefficient (Wildman–Crippen LogP) is 5.12. The van der Waals surface area contributed by atoms with Crippen LogP contribution in [0.2, 0.25) is 0 Å². The van der Waals surface area contributed by atoms with Gasteiger partial charge in [-0.15, -0.1) is 10.2 Å². The molecule has 0 unspecified atom stereocenters. The van der Waals surface area contributed by atoms with Crippen molar-refractivity contribution in [2.24, 2.45) is 5.92 Å². The van der Waals surface area contributed by atoms with Crippen LogP contribution in [0.1, 0.15) is 60.3 Å². The molecule has 4 atom stereocenters. The van der Waals surface area contributed by atoms with Crippen molar-refractivity contribution in [3.63, 3.8) is 0 Å². The highest BCUT2D eigenvalue weighted by Gasteiger charge is 2.38. The molecule has 3 aromatic rings. The SMILES string of the molecule is Cc1nnc(SC[C@H]2O[C@@H](c3cccc(NC(=O)CCCC(=O)O)c3)O[C@@H](c3ccc(CO)cc3)[C@H]2C)s1. The summed E-state index contributed by atoms with van der Waals surface area (Å²) in [6, 6.07) is 15.0. The molecule has 1 amide bonds. The second-order valence-electron chi connectivity index (χ2n) is 9.14. The number of carbonyl (C=O) groups is 2. The normalized spacial score (nSPS) is 21.2. The molecule has 0 bridgehead atoms. The molecule has 2 heterocycles. The van der Waals surface area contributed by atoms with Crippen LogP contribution in [0, 0.1) is 12.8 Å². The minimum atomic E-state index is -0.921. The third kappa shape index (κ3) is 7.61. The molecule has 202 valence electrons. The van der Waals surface area contributed by atoms with Crippen molar-refractivity contribution < 1.29 is 29.3 Å². The first-order chi connectivity index (χ1) is 18.3. The Labute approximate surface area is 229 Å². The number of hydrogen-bond acceptors (Lipinski definition) is 9. The van der Waals surface area contributed by atoms with Crippen molar-refractivity contribution in [3.8, 4) is 0 Å². The number of aryl methyl sites for hydroxylation is 1. The molecule has 4 rings (SSSR count). The summed E-state index contributed by atoms with van der Waals surface area (Å²) < 4.78 is 13.8. The number of carbonyl (C=O) groups excluding carboxylic acids is 1. The minimum Gasteiger partial charge on any atom is -0.481 e. The van der Waals surface area contributed by atoms with Crippen LogP contribution < -0.4 is 5.32 Å². The molecule has 1 aliphatic heterocycles. The van der Waals surface area contributed by atoms with Crippen molar-refractivity contribution in [2.75, 3.05) is 11.1 Å². The highest BCUT2D eigenvalue weighted by Crippen LogP contribution is 2.43. The number of aliphatic carboxylic acids is 1. The molecule has 1 fully saturated rings. The molecule has 38 heavy (non-hydrogen) atoms. The van der Waals surface area contributed by atoms with E-state index in [9.17, 15) is 14.7 Å². The van der Waals surface area contributed by atoms with Crippen LogP contribution in [0.4, 0.5) is 5.69 Å².